The smallest absolute Gasteiger partial charge is 0.152 e. The normalized spacial score (nSPS) is 10.1. The van der Waals surface area contributed by atoms with Gasteiger partial charge < -0.3 is 0 Å². The Balaban J connectivity index is 2.43. The summed E-state index contributed by atoms with van der Waals surface area (Å²) in [4.78, 5) is 3.99. The van der Waals surface area contributed by atoms with Crippen LogP contribution in [0.25, 0.3) is 11.3 Å². The van der Waals surface area contributed by atoms with Gasteiger partial charge in [-0.15, -0.1) is 11.3 Å². The lowest BCUT2D eigenvalue weighted by Gasteiger charge is -1.94. The summed E-state index contributed by atoms with van der Waals surface area (Å²) in [7, 11) is 0. The first-order chi connectivity index (χ1) is 5.86. The van der Waals surface area contributed by atoms with Crippen molar-refractivity contribution in [2.45, 2.75) is 0 Å². The van der Waals surface area contributed by atoms with Gasteiger partial charge in [-0.2, -0.15) is 0 Å². The number of aromatic nitrogens is 1. The summed E-state index contributed by atoms with van der Waals surface area (Å²) in [6.07, 6.45) is 0. The monoisotopic (exact) mass is 178 g/mol. The number of rotatable bonds is 1. The van der Waals surface area contributed by atoms with Crippen LogP contribution in [0.5, 0.6) is 0 Å². The molecule has 0 fully saturated rings. The third-order valence-corrected chi connectivity index (χ3v) is 2.07. The van der Waals surface area contributed by atoms with Crippen molar-refractivity contribution < 1.29 is 4.39 Å². The third-order valence-electron chi connectivity index (χ3n) is 1.53. The molecule has 12 heavy (non-hydrogen) atoms. The van der Waals surface area contributed by atoms with E-state index >= 15 is 0 Å². The van der Waals surface area contributed by atoms with Crippen molar-refractivity contribution in [1.82, 2.24) is 4.98 Å². The fourth-order valence-corrected chi connectivity index (χ4v) is 1.44. The summed E-state index contributed by atoms with van der Waals surface area (Å²) < 4.78 is 12.5. The van der Waals surface area contributed by atoms with E-state index in [2.05, 4.69) is 10.5 Å². The van der Waals surface area contributed by atoms with Crippen LogP contribution in [0.15, 0.2) is 29.6 Å². The highest BCUT2D eigenvalue weighted by molar-refractivity contribution is 7.07. The average Bonchev–Trinajstić information content (AvgIpc) is 2.58. The quantitative estimate of drug-likeness (QED) is 0.654. The molecule has 0 bridgehead atoms. The molecule has 1 aromatic heterocycles. The number of hydrogen-bond acceptors (Lipinski definition) is 2. The predicted molar refractivity (Wildman–Crippen MR) is 46.3 cm³/mol. The third kappa shape index (κ3) is 1.36. The summed E-state index contributed by atoms with van der Waals surface area (Å²) in [6.45, 7) is 0. The SMILES string of the molecule is Fc1ccc(-c2cs[c]n2)cc1. The molecule has 0 saturated heterocycles. The summed E-state index contributed by atoms with van der Waals surface area (Å²) >= 11 is 1.41. The standard InChI is InChI=1S/C9H5FNS/c10-8-3-1-7(2-4-8)9-5-12-6-11-9/h1-5H. The van der Waals surface area contributed by atoms with Crippen molar-refractivity contribution in [3.63, 3.8) is 0 Å². The molecular weight excluding hydrogens is 173 g/mol. The first-order valence-electron chi connectivity index (χ1n) is 3.44. The van der Waals surface area contributed by atoms with Gasteiger partial charge in [0.25, 0.3) is 0 Å². The van der Waals surface area contributed by atoms with Crippen molar-refractivity contribution in [3.05, 3.63) is 41.0 Å². The minimum Gasteiger partial charge on any atom is -0.233 e. The van der Waals surface area contributed by atoms with E-state index in [0.29, 0.717) is 0 Å². The maximum atomic E-state index is 12.5. The molecule has 0 saturated carbocycles. The van der Waals surface area contributed by atoms with Crippen LogP contribution in [0.1, 0.15) is 0 Å². The van der Waals surface area contributed by atoms with E-state index in [9.17, 15) is 4.39 Å². The Kier molecular flexibility index (Phi) is 1.87. The zero-order valence-electron chi connectivity index (χ0n) is 6.12. The van der Waals surface area contributed by atoms with E-state index in [4.69, 9.17) is 0 Å². The molecule has 59 valence electrons. The minimum atomic E-state index is -0.224. The van der Waals surface area contributed by atoms with Gasteiger partial charge in [0.15, 0.2) is 5.51 Å². The maximum absolute atomic E-state index is 12.5. The first kappa shape index (κ1) is 7.43. The minimum absolute atomic E-state index is 0.224. The second-order valence-electron chi connectivity index (χ2n) is 2.33. The fraction of sp³-hybridized carbons (Fsp3) is 0. The van der Waals surface area contributed by atoms with Crippen LogP contribution in [0, 0.1) is 11.3 Å². The molecule has 2 rings (SSSR count). The van der Waals surface area contributed by atoms with E-state index in [0.717, 1.165) is 11.3 Å². The molecule has 1 aromatic carbocycles. The summed E-state index contributed by atoms with van der Waals surface area (Å²) in [5.41, 5.74) is 4.51. The van der Waals surface area contributed by atoms with Crippen molar-refractivity contribution in [3.8, 4) is 11.3 Å². The van der Waals surface area contributed by atoms with E-state index in [-0.39, 0.29) is 5.82 Å². The highest BCUT2D eigenvalue weighted by Gasteiger charge is 1.98. The van der Waals surface area contributed by atoms with Gasteiger partial charge in [-0.1, -0.05) is 0 Å². The van der Waals surface area contributed by atoms with Crippen LogP contribution in [-0.4, -0.2) is 4.98 Å². The second kappa shape index (κ2) is 3.03. The van der Waals surface area contributed by atoms with Crippen LogP contribution in [0.3, 0.4) is 0 Å². The number of benzene rings is 1. The number of nitrogens with zero attached hydrogens (tertiary/aromatic N) is 1. The van der Waals surface area contributed by atoms with E-state index < -0.39 is 0 Å². The van der Waals surface area contributed by atoms with Gasteiger partial charge in [0.1, 0.15) is 5.82 Å². The lowest BCUT2D eigenvalue weighted by molar-refractivity contribution is 0.628. The van der Waals surface area contributed by atoms with Crippen LogP contribution >= 0.6 is 11.3 Å². The number of hydrogen-bond donors (Lipinski definition) is 0. The van der Waals surface area contributed by atoms with Crippen LogP contribution in [-0.2, 0) is 0 Å². The van der Waals surface area contributed by atoms with Crippen molar-refractivity contribution in [2.75, 3.05) is 0 Å². The number of halogens is 1. The highest BCUT2D eigenvalue weighted by Crippen LogP contribution is 2.18. The van der Waals surface area contributed by atoms with E-state index in [1.807, 2.05) is 5.38 Å². The van der Waals surface area contributed by atoms with Crippen LogP contribution in [0.2, 0.25) is 0 Å². The van der Waals surface area contributed by atoms with Crippen LogP contribution in [0.4, 0.5) is 4.39 Å². The molecule has 0 aliphatic heterocycles. The zero-order valence-corrected chi connectivity index (χ0v) is 6.94. The molecule has 0 spiro atoms. The first-order valence-corrected chi connectivity index (χ1v) is 4.32. The topological polar surface area (TPSA) is 12.9 Å². The Hall–Kier alpha value is -1.22. The molecule has 0 atom stereocenters. The molecule has 1 heterocycles. The van der Waals surface area contributed by atoms with E-state index in [1.165, 1.54) is 23.5 Å². The summed E-state index contributed by atoms with van der Waals surface area (Å²) in [5, 5.41) is 1.88. The Bertz CT molecular complexity index is 353. The molecule has 0 unspecified atom stereocenters. The Morgan fingerprint density at radius 2 is 2.00 bits per heavy atom. The van der Waals surface area contributed by atoms with Gasteiger partial charge in [0.05, 0.1) is 5.69 Å². The van der Waals surface area contributed by atoms with Crippen LogP contribution < -0.4 is 0 Å². The molecule has 3 heteroatoms. The van der Waals surface area contributed by atoms with Gasteiger partial charge in [0, 0.05) is 10.9 Å². The van der Waals surface area contributed by atoms with E-state index in [1.54, 1.807) is 12.1 Å². The Morgan fingerprint density at radius 1 is 1.25 bits per heavy atom. The predicted octanol–water partition coefficient (Wildman–Crippen LogP) is 2.75. The fourth-order valence-electron chi connectivity index (χ4n) is 0.937. The summed E-state index contributed by atoms with van der Waals surface area (Å²) in [6, 6.07) is 6.26. The molecule has 0 N–H and O–H groups in total. The maximum Gasteiger partial charge on any atom is 0.152 e. The summed E-state index contributed by atoms with van der Waals surface area (Å²) in [5.74, 6) is -0.224. The highest BCUT2D eigenvalue weighted by atomic mass is 32.1. The second-order valence-corrected chi connectivity index (χ2v) is 2.98. The molecular formula is C9H5FNS. The lowest BCUT2D eigenvalue weighted by Crippen LogP contribution is -1.77. The zero-order chi connectivity index (χ0) is 8.39. The molecule has 1 radical (unpaired) electrons. The van der Waals surface area contributed by atoms with Crippen molar-refractivity contribution in [2.24, 2.45) is 0 Å². The van der Waals surface area contributed by atoms with Gasteiger partial charge in [-0.3, -0.25) is 0 Å². The van der Waals surface area contributed by atoms with Gasteiger partial charge in [0.2, 0.25) is 0 Å². The molecule has 0 amide bonds. The van der Waals surface area contributed by atoms with Crippen molar-refractivity contribution >= 4 is 11.3 Å². The van der Waals surface area contributed by atoms with Gasteiger partial charge in [-0.05, 0) is 24.3 Å². The number of thiazole rings is 1. The average molecular weight is 178 g/mol. The van der Waals surface area contributed by atoms with Crippen molar-refractivity contribution in [1.29, 1.82) is 0 Å². The molecule has 0 aliphatic carbocycles. The van der Waals surface area contributed by atoms with Gasteiger partial charge in [-0.25, -0.2) is 9.37 Å². The molecule has 1 nitrogen and oxygen atoms in total. The lowest BCUT2D eigenvalue weighted by atomic mass is 10.2. The Morgan fingerprint density at radius 3 is 2.58 bits per heavy atom. The van der Waals surface area contributed by atoms with Gasteiger partial charge >= 0.3 is 0 Å². The largest absolute Gasteiger partial charge is 0.233 e. The molecule has 0 aliphatic rings. The molecule has 2 aromatic rings. The Labute approximate surface area is 73.5 Å².